The summed E-state index contributed by atoms with van der Waals surface area (Å²) in [5.41, 5.74) is 0.797. The fourth-order valence-electron chi connectivity index (χ4n) is 1.70. The second-order valence-electron chi connectivity index (χ2n) is 5.52. The van der Waals surface area contributed by atoms with Crippen LogP contribution in [0.1, 0.15) is 32.8 Å². The Morgan fingerprint density at radius 3 is 2.67 bits per heavy atom. The number of hydrogen-bond acceptors (Lipinski definition) is 2. The number of amides is 1. The van der Waals surface area contributed by atoms with E-state index >= 15 is 0 Å². The first-order valence-corrected chi connectivity index (χ1v) is 6.27. The molecule has 1 aromatic heterocycles. The van der Waals surface area contributed by atoms with Crippen molar-refractivity contribution < 1.29 is 14.2 Å². The van der Waals surface area contributed by atoms with E-state index in [0.717, 1.165) is 13.0 Å². The van der Waals surface area contributed by atoms with Gasteiger partial charge in [-0.15, -0.1) is 4.68 Å². The molecule has 1 amide bonds. The number of rotatable bonds is 4. The highest BCUT2D eigenvalue weighted by Gasteiger charge is 2.15. The zero-order chi connectivity index (χ0) is 13.8. The van der Waals surface area contributed by atoms with Crippen LogP contribution < -0.4 is 10.00 Å². The maximum Gasteiger partial charge on any atom is 0.407 e. The van der Waals surface area contributed by atoms with Gasteiger partial charge in [-0.1, -0.05) is 0 Å². The number of carbonyl (C=O) groups excluding carboxylic acids is 1. The topological polar surface area (TPSA) is 47.1 Å². The largest absolute Gasteiger partial charge is 0.444 e. The highest BCUT2D eigenvalue weighted by Crippen LogP contribution is 2.06. The molecule has 0 bridgehead atoms. The van der Waals surface area contributed by atoms with Gasteiger partial charge >= 0.3 is 6.09 Å². The number of nitrogens with zero attached hydrogens (tertiary/aromatic N) is 2. The molecule has 1 N–H and O–H groups in total. The van der Waals surface area contributed by atoms with E-state index in [1.54, 1.807) is 0 Å². The van der Waals surface area contributed by atoms with Crippen molar-refractivity contribution in [2.45, 2.75) is 46.3 Å². The van der Waals surface area contributed by atoms with Gasteiger partial charge in [0, 0.05) is 12.1 Å². The number of aromatic nitrogens is 2. The Morgan fingerprint density at radius 1 is 1.50 bits per heavy atom. The third-order valence-corrected chi connectivity index (χ3v) is 2.38. The number of carbonyl (C=O) groups is 1. The van der Waals surface area contributed by atoms with Crippen LogP contribution in [0.4, 0.5) is 4.79 Å². The first-order valence-electron chi connectivity index (χ1n) is 6.27. The minimum Gasteiger partial charge on any atom is -0.444 e. The Bertz CT molecular complexity index is 405. The van der Waals surface area contributed by atoms with Crippen molar-refractivity contribution in [3.05, 3.63) is 18.0 Å². The fourth-order valence-corrected chi connectivity index (χ4v) is 1.70. The predicted octanol–water partition coefficient (Wildman–Crippen LogP) is 1.54. The zero-order valence-corrected chi connectivity index (χ0v) is 12.0. The molecule has 18 heavy (non-hydrogen) atoms. The smallest absolute Gasteiger partial charge is 0.407 e. The molecule has 0 saturated heterocycles. The molecule has 0 fully saturated rings. The van der Waals surface area contributed by atoms with E-state index in [9.17, 15) is 4.79 Å². The van der Waals surface area contributed by atoms with Gasteiger partial charge in [-0.2, -0.15) is 4.68 Å². The summed E-state index contributed by atoms with van der Waals surface area (Å²) in [6.45, 7) is 9.13. The molecular weight excluding hydrogens is 230 g/mol. The second-order valence-corrected chi connectivity index (χ2v) is 5.52. The normalized spacial score (nSPS) is 11.4. The minimum absolute atomic E-state index is 0.351. The van der Waals surface area contributed by atoms with Crippen LogP contribution in [0.5, 0.6) is 0 Å². The summed E-state index contributed by atoms with van der Waals surface area (Å²) in [5.74, 6) is 0. The maximum atomic E-state index is 11.4. The summed E-state index contributed by atoms with van der Waals surface area (Å²) >= 11 is 0. The fraction of sp³-hybridized carbons (Fsp3) is 0.692. The third-order valence-electron chi connectivity index (χ3n) is 2.38. The first kappa shape index (κ1) is 14.5. The van der Waals surface area contributed by atoms with Crippen LogP contribution in [0.2, 0.25) is 0 Å². The lowest BCUT2D eigenvalue weighted by Crippen LogP contribution is -2.39. The molecule has 0 aromatic carbocycles. The lowest BCUT2D eigenvalue weighted by Gasteiger charge is -2.19. The number of aryl methyl sites for hydroxylation is 3. The summed E-state index contributed by atoms with van der Waals surface area (Å²) in [5, 5.41) is 2.75. The van der Waals surface area contributed by atoms with Crippen LogP contribution in [0.25, 0.3) is 0 Å². The van der Waals surface area contributed by atoms with Crippen LogP contribution >= 0.6 is 0 Å². The number of hydrogen-bond donors (Lipinski definition) is 1. The molecule has 102 valence electrons. The SMILES string of the molecule is Cc1cn(CCCNC(=O)OC(C)(C)C)[n+](C)c1. The molecule has 0 radical (unpaired) electrons. The van der Waals surface area contributed by atoms with Crippen LogP contribution in [0.15, 0.2) is 12.4 Å². The van der Waals surface area contributed by atoms with E-state index in [-0.39, 0.29) is 6.09 Å². The monoisotopic (exact) mass is 254 g/mol. The van der Waals surface area contributed by atoms with E-state index < -0.39 is 5.60 Å². The van der Waals surface area contributed by atoms with Gasteiger partial charge in [0.2, 0.25) is 0 Å². The predicted molar refractivity (Wildman–Crippen MR) is 69.2 cm³/mol. The molecule has 0 atom stereocenters. The van der Waals surface area contributed by atoms with Crippen LogP contribution in [0, 0.1) is 6.92 Å². The molecule has 1 heterocycles. The van der Waals surface area contributed by atoms with Gasteiger partial charge in [0.15, 0.2) is 13.2 Å². The summed E-state index contributed by atoms with van der Waals surface area (Å²) in [7, 11) is 2.01. The van der Waals surface area contributed by atoms with Crippen molar-refractivity contribution in [3.8, 4) is 0 Å². The van der Waals surface area contributed by atoms with E-state index in [2.05, 4.69) is 29.3 Å². The van der Waals surface area contributed by atoms with Gasteiger partial charge in [0.05, 0.1) is 12.7 Å². The highest BCUT2D eigenvalue weighted by molar-refractivity contribution is 5.67. The first-order chi connectivity index (χ1) is 8.28. The van der Waals surface area contributed by atoms with Gasteiger partial charge in [-0.25, -0.2) is 4.79 Å². The lowest BCUT2D eigenvalue weighted by molar-refractivity contribution is -0.753. The molecule has 5 nitrogen and oxygen atoms in total. The summed E-state index contributed by atoms with van der Waals surface area (Å²) in [6, 6.07) is 0. The summed E-state index contributed by atoms with van der Waals surface area (Å²) in [6.07, 6.45) is 4.69. The van der Waals surface area contributed by atoms with Crippen molar-refractivity contribution in [2.75, 3.05) is 6.54 Å². The zero-order valence-electron chi connectivity index (χ0n) is 12.0. The average Bonchev–Trinajstić information content (AvgIpc) is 2.49. The van der Waals surface area contributed by atoms with Gasteiger partial charge in [0.1, 0.15) is 5.60 Å². The van der Waals surface area contributed by atoms with Crippen LogP contribution in [0.3, 0.4) is 0 Å². The van der Waals surface area contributed by atoms with E-state index in [1.807, 2.05) is 32.5 Å². The van der Waals surface area contributed by atoms with Crippen molar-refractivity contribution in [2.24, 2.45) is 7.05 Å². The van der Waals surface area contributed by atoms with Crippen molar-refractivity contribution >= 4 is 6.09 Å². The summed E-state index contributed by atoms with van der Waals surface area (Å²) in [4.78, 5) is 11.4. The van der Waals surface area contributed by atoms with Crippen LogP contribution in [-0.4, -0.2) is 22.9 Å². The molecule has 0 saturated carbocycles. The van der Waals surface area contributed by atoms with Gasteiger partial charge in [0.25, 0.3) is 0 Å². The molecule has 0 unspecified atom stereocenters. The third kappa shape index (κ3) is 5.21. The Morgan fingerprint density at radius 2 is 2.17 bits per heavy atom. The number of ether oxygens (including phenoxy) is 1. The lowest BCUT2D eigenvalue weighted by atomic mass is 10.2. The number of alkyl carbamates (subject to hydrolysis) is 1. The number of nitrogens with one attached hydrogen (secondary N) is 1. The second kappa shape index (κ2) is 5.89. The quantitative estimate of drug-likeness (QED) is 0.654. The molecule has 1 aromatic rings. The summed E-state index contributed by atoms with van der Waals surface area (Å²) < 4.78 is 9.32. The maximum absolute atomic E-state index is 11.4. The van der Waals surface area contributed by atoms with Crippen molar-refractivity contribution in [3.63, 3.8) is 0 Å². The van der Waals surface area contributed by atoms with Gasteiger partial charge < -0.3 is 10.1 Å². The van der Waals surface area contributed by atoms with E-state index in [1.165, 1.54) is 5.56 Å². The van der Waals surface area contributed by atoms with E-state index in [0.29, 0.717) is 6.54 Å². The molecule has 1 rings (SSSR count). The van der Waals surface area contributed by atoms with Crippen LogP contribution in [-0.2, 0) is 18.3 Å². The standard InChI is InChI=1S/C13H23N3O2/c1-11-9-15(5)16(10-11)8-6-7-14-12(17)18-13(2,3)4/h9-10H,6-8H2,1-5H3/p+1. The van der Waals surface area contributed by atoms with E-state index in [4.69, 9.17) is 4.74 Å². The molecule has 5 heteroatoms. The molecular formula is C13H24N3O2+. The average molecular weight is 254 g/mol. The minimum atomic E-state index is -0.436. The highest BCUT2D eigenvalue weighted by atomic mass is 16.6. The Kier molecular flexibility index (Phi) is 4.76. The Balaban J connectivity index is 2.23. The molecule has 0 aliphatic rings. The molecule has 0 aliphatic carbocycles. The molecule has 0 spiro atoms. The Hall–Kier alpha value is -1.52. The Labute approximate surface area is 109 Å². The van der Waals surface area contributed by atoms with Gasteiger partial charge in [-0.3, -0.25) is 0 Å². The van der Waals surface area contributed by atoms with Crippen molar-refractivity contribution in [1.29, 1.82) is 0 Å². The molecule has 0 aliphatic heterocycles. The van der Waals surface area contributed by atoms with Gasteiger partial charge in [-0.05, 0) is 34.1 Å². The van der Waals surface area contributed by atoms with Crippen molar-refractivity contribution in [1.82, 2.24) is 10.00 Å².